The van der Waals surface area contributed by atoms with Crippen molar-refractivity contribution < 1.29 is 4.79 Å². The number of urea groups is 1. The van der Waals surface area contributed by atoms with Crippen LogP contribution in [0.3, 0.4) is 0 Å². The zero-order valence-electron chi connectivity index (χ0n) is 9.64. The van der Waals surface area contributed by atoms with E-state index in [1.165, 1.54) is 0 Å². The fourth-order valence-corrected chi connectivity index (χ4v) is 1.09. The molecule has 0 aliphatic heterocycles. The number of nitrogens with one attached hydrogen (secondary N) is 3. The van der Waals surface area contributed by atoms with Gasteiger partial charge in [0.2, 0.25) is 0 Å². The second-order valence-corrected chi connectivity index (χ2v) is 4.40. The van der Waals surface area contributed by atoms with Crippen LogP contribution < -0.4 is 10.6 Å². The first-order valence-corrected chi connectivity index (χ1v) is 5.04. The minimum atomic E-state index is -0.232. The highest BCUT2D eigenvalue weighted by Crippen LogP contribution is 2.21. The molecule has 1 aromatic heterocycles. The molecular weight excluding hydrogens is 192 g/mol. The van der Waals surface area contributed by atoms with Crippen LogP contribution >= 0.6 is 0 Å². The summed E-state index contributed by atoms with van der Waals surface area (Å²) >= 11 is 0. The third-order valence-corrected chi connectivity index (χ3v) is 1.96. The van der Waals surface area contributed by atoms with Gasteiger partial charge in [-0.3, -0.25) is 10.4 Å². The van der Waals surface area contributed by atoms with Crippen molar-refractivity contribution in [1.29, 1.82) is 0 Å². The molecule has 5 heteroatoms. The molecule has 0 atom stereocenters. The number of carbonyl (C=O) groups is 1. The molecule has 0 saturated carbocycles. The number of aromatic amines is 1. The van der Waals surface area contributed by atoms with Gasteiger partial charge in [-0.15, -0.1) is 0 Å². The smallest absolute Gasteiger partial charge is 0.320 e. The number of hydrogen-bond donors (Lipinski definition) is 3. The molecule has 0 aromatic carbocycles. The van der Waals surface area contributed by atoms with E-state index in [-0.39, 0.29) is 11.4 Å². The highest BCUT2D eigenvalue weighted by Gasteiger charge is 2.17. The Hall–Kier alpha value is -1.52. The molecule has 3 N–H and O–H groups in total. The maximum Gasteiger partial charge on any atom is 0.320 e. The van der Waals surface area contributed by atoms with E-state index in [1.807, 2.05) is 13.0 Å². The topological polar surface area (TPSA) is 69.8 Å². The molecule has 0 bridgehead atoms. The van der Waals surface area contributed by atoms with Crippen molar-refractivity contribution in [2.45, 2.75) is 33.1 Å². The number of aromatic nitrogens is 2. The zero-order valence-corrected chi connectivity index (χ0v) is 9.64. The van der Waals surface area contributed by atoms with Crippen molar-refractivity contribution in [3.8, 4) is 0 Å². The maximum absolute atomic E-state index is 11.2. The minimum Gasteiger partial charge on any atom is -0.338 e. The largest absolute Gasteiger partial charge is 0.338 e. The van der Waals surface area contributed by atoms with E-state index in [0.717, 1.165) is 5.69 Å². The predicted molar refractivity (Wildman–Crippen MR) is 60.0 cm³/mol. The van der Waals surface area contributed by atoms with Gasteiger partial charge in [0.05, 0.1) is 0 Å². The van der Waals surface area contributed by atoms with E-state index in [1.54, 1.807) is 0 Å². The van der Waals surface area contributed by atoms with Crippen molar-refractivity contribution in [2.24, 2.45) is 0 Å². The quantitative estimate of drug-likeness (QED) is 0.697. The zero-order chi connectivity index (χ0) is 11.5. The number of rotatable bonds is 2. The molecule has 0 spiro atoms. The Balaban J connectivity index is 2.65. The SMILES string of the molecule is CCNC(=O)Nc1cc(C(C)(C)C)[nH]n1. The monoisotopic (exact) mass is 210 g/mol. The molecular formula is C10H18N4O. The van der Waals surface area contributed by atoms with Crippen molar-refractivity contribution in [1.82, 2.24) is 15.5 Å². The minimum absolute atomic E-state index is 0.00810. The molecule has 1 heterocycles. The first-order valence-electron chi connectivity index (χ1n) is 5.04. The van der Waals surface area contributed by atoms with E-state index in [9.17, 15) is 4.79 Å². The molecule has 5 nitrogen and oxygen atoms in total. The second-order valence-electron chi connectivity index (χ2n) is 4.40. The maximum atomic E-state index is 11.2. The number of H-pyrrole nitrogens is 1. The van der Waals surface area contributed by atoms with Gasteiger partial charge in [-0.25, -0.2) is 4.79 Å². The van der Waals surface area contributed by atoms with Crippen molar-refractivity contribution in [3.63, 3.8) is 0 Å². The summed E-state index contributed by atoms with van der Waals surface area (Å²) in [6.07, 6.45) is 0. The molecule has 0 radical (unpaired) electrons. The summed E-state index contributed by atoms with van der Waals surface area (Å²) in [6, 6.07) is 1.61. The first kappa shape index (κ1) is 11.6. The summed E-state index contributed by atoms with van der Waals surface area (Å²) in [6.45, 7) is 8.70. The van der Waals surface area contributed by atoms with Crippen molar-refractivity contribution in [3.05, 3.63) is 11.8 Å². The normalized spacial score (nSPS) is 11.2. The molecule has 1 aromatic rings. The highest BCUT2D eigenvalue weighted by molar-refractivity contribution is 5.88. The number of nitrogens with zero attached hydrogens (tertiary/aromatic N) is 1. The standard InChI is InChI=1S/C10H18N4O/c1-5-11-9(15)12-8-6-7(13-14-8)10(2,3)4/h6H,5H2,1-4H3,(H3,11,12,13,14,15). The Kier molecular flexibility index (Phi) is 3.34. The number of amides is 2. The van der Waals surface area contributed by atoms with Gasteiger partial charge in [0, 0.05) is 23.7 Å². The fraction of sp³-hybridized carbons (Fsp3) is 0.600. The van der Waals surface area contributed by atoms with E-state index in [2.05, 4.69) is 41.6 Å². The second kappa shape index (κ2) is 4.33. The van der Waals surface area contributed by atoms with Gasteiger partial charge >= 0.3 is 6.03 Å². The predicted octanol–water partition coefficient (Wildman–Crippen LogP) is 1.85. The van der Waals surface area contributed by atoms with Crippen LogP contribution in [0, 0.1) is 0 Å². The summed E-state index contributed by atoms with van der Waals surface area (Å²) in [4.78, 5) is 11.2. The number of anilines is 1. The average molecular weight is 210 g/mol. The Bertz CT molecular complexity index is 337. The highest BCUT2D eigenvalue weighted by atomic mass is 16.2. The first-order chi connectivity index (χ1) is 6.93. The van der Waals surface area contributed by atoms with Crippen LogP contribution in [0.5, 0.6) is 0 Å². The van der Waals surface area contributed by atoms with Crippen LogP contribution in [0.25, 0.3) is 0 Å². The van der Waals surface area contributed by atoms with Crippen molar-refractivity contribution in [2.75, 3.05) is 11.9 Å². The number of carbonyl (C=O) groups excluding carboxylic acids is 1. The molecule has 0 aliphatic rings. The molecule has 0 saturated heterocycles. The lowest BCUT2D eigenvalue weighted by molar-refractivity contribution is 0.252. The lowest BCUT2D eigenvalue weighted by Crippen LogP contribution is -2.28. The van der Waals surface area contributed by atoms with Gasteiger partial charge in [-0.2, -0.15) is 5.10 Å². The molecule has 2 amide bonds. The lowest BCUT2D eigenvalue weighted by Gasteiger charge is -2.14. The van der Waals surface area contributed by atoms with Gasteiger partial charge in [0.15, 0.2) is 5.82 Å². The van der Waals surface area contributed by atoms with Crippen molar-refractivity contribution >= 4 is 11.8 Å². The molecule has 84 valence electrons. The number of hydrogen-bond acceptors (Lipinski definition) is 2. The Morgan fingerprint density at radius 3 is 2.67 bits per heavy atom. The third kappa shape index (κ3) is 3.27. The summed E-state index contributed by atoms with van der Waals surface area (Å²) in [5, 5.41) is 12.2. The van der Waals surface area contributed by atoms with E-state index < -0.39 is 0 Å². The lowest BCUT2D eigenvalue weighted by atomic mass is 9.92. The van der Waals surface area contributed by atoms with Gasteiger partial charge < -0.3 is 5.32 Å². The Morgan fingerprint density at radius 1 is 1.53 bits per heavy atom. The van der Waals surface area contributed by atoms with Gasteiger partial charge in [0.25, 0.3) is 0 Å². The van der Waals surface area contributed by atoms with E-state index >= 15 is 0 Å². The van der Waals surface area contributed by atoms with Gasteiger partial charge in [-0.1, -0.05) is 20.8 Å². The fourth-order valence-electron chi connectivity index (χ4n) is 1.09. The molecule has 0 aliphatic carbocycles. The van der Waals surface area contributed by atoms with Crippen LogP contribution in [-0.2, 0) is 5.41 Å². The van der Waals surface area contributed by atoms with Gasteiger partial charge in [-0.05, 0) is 6.92 Å². The van der Waals surface area contributed by atoms with Crippen LogP contribution in [0.15, 0.2) is 6.07 Å². The van der Waals surface area contributed by atoms with Crippen LogP contribution in [-0.4, -0.2) is 22.8 Å². The molecule has 15 heavy (non-hydrogen) atoms. The van der Waals surface area contributed by atoms with Crippen LogP contribution in [0.1, 0.15) is 33.4 Å². The summed E-state index contributed by atoms with van der Waals surface area (Å²) in [5.74, 6) is 0.547. The van der Waals surface area contributed by atoms with Crippen LogP contribution in [0.4, 0.5) is 10.6 Å². The van der Waals surface area contributed by atoms with Gasteiger partial charge in [0.1, 0.15) is 0 Å². The summed E-state index contributed by atoms with van der Waals surface area (Å²) < 4.78 is 0. The Labute approximate surface area is 89.6 Å². The molecule has 0 fully saturated rings. The molecule has 1 rings (SSSR count). The summed E-state index contributed by atoms with van der Waals surface area (Å²) in [5.41, 5.74) is 1.00. The average Bonchev–Trinajstić information content (AvgIpc) is 2.52. The summed E-state index contributed by atoms with van der Waals surface area (Å²) in [7, 11) is 0. The van der Waals surface area contributed by atoms with E-state index in [0.29, 0.717) is 12.4 Å². The van der Waals surface area contributed by atoms with E-state index in [4.69, 9.17) is 0 Å². The Morgan fingerprint density at radius 2 is 2.20 bits per heavy atom. The third-order valence-electron chi connectivity index (χ3n) is 1.96. The van der Waals surface area contributed by atoms with Crippen LogP contribution in [0.2, 0.25) is 0 Å². The molecule has 0 unspecified atom stereocenters.